The largest absolute Gasteiger partial charge is 0.342 e. The van der Waals surface area contributed by atoms with Crippen molar-refractivity contribution in [3.63, 3.8) is 0 Å². The zero-order chi connectivity index (χ0) is 11.2. The first-order valence-corrected chi connectivity index (χ1v) is 5.26. The van der Waals surface area contributed by atoms with Crippen LogP contribution >= 0.6 is 12.2 Å². The Morgan fingerprint density at radius 2 is 2.20 bits per heavy atom. The lowest BCUT2D eigenvalue weighted by atomic mass is 10.4. The van der Waals surface area contributed by atoms with Gasteiger partial charge < -0.3 is 9.55 Å². The van der Waals surface area contributed by atoms with E-state index in [4.69, 9.17) is 12.2 Å². The molecule has 0 bridgehead atoms. The van der Waals surface area contributed by atoms with Crippen LogP contribution in [0.15, 0.2) is 10.9 Å². The molecule has 2 aromatic heterocycles. The number of H-pyrrole nitrogens is 1. The van der Waals surface area contributed by atoms with Crippen molar-refractivity contribution >= 4 is 23.3 Å². The summed E-state index contributed by atoms with van der Waals surface area (Å²) in [6.45, 7) is 4.47. The Hall–Kier alpha value is -1.36. The average Bonchev–Trinajstić information content (AvgIpc) is 2.43. The van der Waals surface area contributed by atoms with Gasteiger partial charge in [0, 0.05) is 19.3 Å². The second-order valence-electron chi connectivity index (χ2n) is 3.59. The summed E-state index contributed by atoms with van der Waals surface area (Å²) in [7, 11) is 1.88. The summed E-state index contributed by atoms with van der Waals surface area (Å²) in [5, 5.41) is 0. The van der Waals surface area contributed by atoms with Gasteiger partial charge in [0.1, 0.15) is 5.52 Å². The molecule has 0 aliphatic carbocycles. The second-order valence-corrected chi connectivity index (χ2v) is 3.97. The Morgan fingerprint density at radius 3 is 2.80 bits per heavy atom. The topological polar surface area (TPSA) is 42.7 Å². The quantitative estimate of drug-likeness (QED) is 0.748. The predicted molar refractivity (Wildman–Crippen MR) is 62.8 cm³/mol. The highest BCUT2D eigenvalue weighted by atomic mass is 32.1. The number of hydrogen-bond acceptors (Lipinski definition) is 2. The van der Waals surface area contributed by atoms with Crippen LogP contribution in [0.1, 0.15) is 12.6 Å². The molecule has 2 rings (SSSR count). The van der Waals surface area contributed by atoms with E-state index in [0.29, 0.717) is 16.8 Å². The van der Waals surface area contributed by atoms with E-state index in [1.54, 1.807) is 4.57 Å². The average molecular weight is 223 g/mol. The van der Waals surface area contributed by atoms with E-state index in [9.17, 15) is 4.79 Å². The second kappa shape index (κ2) is 3.34. The first-order chi connectivity index (χ1) is 7.06. The molecule has 0 aliphatic rings. The summed E-state index contributed by atoms with van der Waals surface area (Å²) in [6, 6.07) is 1.94. The molecule has 1 N–H and O–H groups in total. The van der Waals surface area contributed by atoms with Crippen LogP contribution < -0.4 is 5.56 Å². The van der Waals surface area contributed by atoms with E-state index < -0.39 is 0 Å². The Morgan fingerprint density at radius 1 is 1.53 bits per heavy atom. The third-order valence-corrected chi connectivity index (χ3v) is 3.05. The first kappa shape index (κ1) is 10.2. The molecule has 0 unspecified atom stereocenters. The van der Waals surface area contributed by atoms with E-state index in [0.717, 1.165) is 11.2 Å². The zero-order valence-corrected chi connectivity index (χ0v) is 9.81. The normalized spacial score (nSPS) is 11.1. The lowest BCUT2D eigenvalue weighted by molar-refractivity contribution is 0.699. The minimum absolute atomic E-state index is 0.0214. The zero-order valence-electron chi connectivity index (χ0n) is 9.00. The molecular weight excluding hydrogens is 210 g/mol. The fraction of sp³-hybridized carbons (Fsp3) is 0.400. The van der Waals surface area contributed by atoms with Crippen molar-refractivity contribution in [2.75, 3.05) is 0 Å². The summed E-state index contributed by atoms with van der Waals surface area (Å²) < 4.78 is 3.94. The number of aromatic amines is 1. The van der Waals surface area contributed by atoms with Gasteiger partial charge in [-0.1, -0.05) is 0 Å². The van der Waals surface area contributed by atoms with Crippen LogP contribution in [-0.4, -0.2) is 14.1 Å². The molecule has 5 heteroatoms. The summed E-state index contributed by atoms with van der Waals surface area (Å²) >= 11 is 5.12. The van der Waals surface area contributed by atoms with E-state index in [1.165, 1.54) is 0 Å². The number of nitrogens with zero attached hydrogens (tertiary/aromatic N) is 2. The van der Waals surface area contributed by atoms with Crippen LogP contribution in [-0.2, 0) is 13.6 Å². The molecule has 80 valence electrons. The van der Waals surface area contributed by atoms with Gasteiger partial charge in [0.25, 0.3) is 5.56 Å². The van der Waals surface area contributed by atoms with Crippen LogP contribution in [0.3, 0.4) is 0 Å². The van der Waals surface area contributed by atoms with Gasteiger partial charge in [0.2, 0.25) is 0 Å². The van der Waals surface area contributed by atoms with Crippen molar-refractivity contribution in [1.29, 1.82) is 0 Å². The Balaban J connectivity index is 3.06. The number of nitrogens with one attached hydrogen (secondary N) is 1. The molecular formula is C10H13N3OS. The summed E-state index contributed by atoms with van der Waals surface area (Å²) in [6.07, 6.45) is 0. The van der Waals surface area contributed by atoms with Gasteiger partial charge in [-0.25, -0.2) is 0 Å². The molecule has 0 aromatic carbocycles. The van der Waals surface area contributed by atoms with Gasteiger partial charge in [-0.2, -0.15) is 0 Å². The molecule has 0 radical (unpaired) electrons. The molecule has 15 heavy (non-hydrogen) atoms. The number of aromatic nitrogens is 3. The van der Waals surface area contributed by atoms with Gasteiger partial charge in [-0.15, -0.1) is 0 Å². The van der Waals surface area contributed by atoms with E-state index in [2.05, 4.69) is 4.98 Å². The maximum atomic E-state index is 12.1. The molecule has 0 fully saturated rings. The van der Waals surface area contributed by atoms with Crippen molar-refractivity contribution in [3.05, 3.63) is 26.9 Å². The first-order valence-electron chi connectivity index (χ1n) is 4.85. The minimum atomic E-state index is -0.0214. The molecule has 0 atom stereocenters. The summed E-state index contributed by atoms with van der Waals surface area (Å²) in [4.78, 5) is 15.1. The fourth-order valence-electron chi connectivity index (χ4n) is 1.78. The highest BCUT2D eigenvalue weighted by molar-refractivity contribution is 7.71. The van der Waals surface area contributed by atoms with Crippen LogP contribution in [0.4, 0.5) is 0 Å². The van der Waals surface area contributed by atoms with E-state index in [1.807, 2.05) is 31.5 Å². The molecule has 0 aliphatic heterocycles. The van der Waals surface area contributed by atoms with Gasteiger partial charge >= 0.3 is 0 Å². The highest BCUT2D eigenvalue weighted by Gasteiger charge is 2.09. The van der Waals surface area contributed by atoms with Gasteiger partial charge in [-0.3, -0.25) is 9.36 Å². The molecule has 0 saturated carbocycles. The number of rotatable bonds is 1. The van der Waals surface area contributed by atoms with Crippen LogP contribution in [0.2, 0.25) is 0 Å². The molecule has 2 aromatic rings. The standard InChI is InChI=1S/C10H13N3OS/c1-4-13-9(14)8-7(11-10(13)15)5-6(2)12(8)3/h5H,4H2,1-3H3,(H,11,15). The van der Waals surface area contributed by atoms with Crippen molar-refractivity contribution < 1.29 is 0 Å². The van der Waals surface area contributed by atoms with Gasteiger partial charge in [0.05, 0.1) is 5.52 Å². The lowest BCUT2D eigenvalue weighted by Crippen LogP contribution is -2.22. The molecule has 0 amide bonds. The lowest BCUT2D eigenvalue weighted by Gasteiger charge is -2.03. The summed E-state index contributed by atoms with van der Waals surface area (Å²) in [5.74, 6) is 0. The molecule has 0 saturated heterocycles. The smallest absolute Gasteiger partial charge is 0.278 e. The van der Waals surface area contributed by atoms with E-state index in [-0.39, 0.29) is 5.56 Å². The monoisotopic (exact) mass is 223 g/mol. The fourth-order valence-corrected chi connectivity index (χ4v) is 2.10. The SMILES string of the molecule is CCn1c(=S)[nH]c2cc(C)n(C)c2c1=O. The van der Waals surface area contributed by atoms with Gasteiger partial charge in [0.15, 0.2) is 4.77 Å². The van der Waals surface area contributed by atoms with Gasteiger partial charge in [-0.05, 0) is 32.1 Å². The maximum absolute atomic E-state index is 12.1. The minimum Gasteiger partial charge on any atom is -0.342 e. The Bertz CT molecular complexity index is 632. The highest BCUT2D eigenvalue weighted by Crippen LogP contribution is 2.11. The Kier molecular flexibility index (Phi) is 2.26. The third kappa shape index (κ3) is 1.34. The number of hydrogen-bond donors (Lipinski definition) is 1. The number of fused-ring (bicyclic) bond motifs is 1. The van der Waals surface area contributed by atoms with Crippen LogP contribution in [0, 0.1) is 11.7 Å². The van der Waals surface area contributed by atoms with Crippen molar-refractivity contribution in [2.24, 2.45) is 7.05 Å². The van der Waals surface area contributed by atoms with Crippen molar-refractivity contribution in [2.45, 2.75) is 20.4 Å². The summed E-state index contributed by atoms with van der Waals surface area (Å²) in [5.41, 5.74) is 2.52. The maximum Gasteiger partial charge on any atom is 0.278 e. The van der Waals surface area contributed by atoms with Crippen LogP contribution in [0.25, 0.3) is 11.0 Å². The van der Waals surface area contributed by atoms with E-state index >= 15 is 0 Å². The predicted octanol–water partition coefficient (Wildman–Crippen LogP) is 1.73. The van der Waals surface area contributed by atoms with Crippen molar-refractivity contribution in [3.8, 4) is 0 Å². The molecule has 0 spiro atoms. The Labute approximate surface area is 92.2 Å². The number of aryl methyl sites for hydroxylation is 2. The third-order valence-electron chi connectivity index (χ3n) is 2.72. The van der Waals surface area contributed by atoms with Crippen molar-refractivity contribution in [1.82, 2.24) is 14.1 Å². The molecule has 4 nitrogen and oxygen atoms in total. The molecule has 2 heterocycles. The van der Waals surface area contributed by atoms with Crippen LogP contribution in [0.5, 0.6) is 0 Å².